The number of benzene rings is 1. The quantitative estimate of drug-likeness (QED) is 0.675. The summed E-state index contributed by atoms with van der Waals surface area (Å²) in [6.45, 7) is 2.97. The van der Waals surface area contributed by atoms with E-state index in [-0.39, 0.29) is 9.09 Å². The fourth-order valence-corrected chi connectivity index (χ4v) is 6.45. The van der Waals surface area contributed by atoms with Crippen LogP contribution in [0.1, 0.15) is 53.8 Å². The Bertz CT molecular complexity index is 1090. The number of nitrogens with one attached hydrogen (secondary N) is 1. The van der Waals surface area contributed by atoms with Gasteiger partial charge in [-0.05, 0) is 80.7 Å². The zero-order chi connectivity index (χ0) is 21.0. The number of hydrogen-bond acceptors (Lipinski definition) is 4. The molecule has 0 fully saturated rings. The summed E-state index contributed by atoms with van der Waals surface area (Å²) < 4.78 is 30.5. The van der Waals surface area contributed by atoms with Crippen molar-refractivity contribution in [1.82, 2.24) is 0 Å². The summed E-state index contributed by atoms with van der Waals surface area (Å²) in [5, 5.41) is 18.6. The Morgan fingerprint density at radius 2 is 1.79 bits per heavy atom. The molecular formula is C20H24FN3O3S2. The van der Waals surface area contributed by atoms with Crippen molar-refractivity contribution in [1.29, 1.82) is 0 Å². The number of urea groups is 1. The van der Waals surface area contributed by atoms with E-state index in [1.54, 1.807) is 0 Å². The maximum Gasteiger partial charge on any atom is 0.354 e. The lowest BCUT2D eigenvalue weighted by atomic mass is 9.99. The fourth-order valence-electron chi connectivity index (χ4n) is 4.11. The molecule has 2 amide bonds. The van der Waals surface area contributed by atoms with Crippen LogP contribution < -0.4 is 10.5 Å². The van der Waals surface area contributed by atoms with E-state index in [0.717, 1.165) is 72.7 Å². The first-order chi connectivity index (χ1) is 13.6. The van der Waals surface area contributed by atoms with Crippen LogP contribution in [0.25, 0.3) is 0 Å². The van der Waals surface area contributed by atoms with Gasteiger partial charge in [0.05, 0.1) is 5.60 Å². The molecule has 0 bridgehead atoms. The fraction of sp³-hybridized carbons (Fsp3) is 0.450. The third-order valence-electron chi connectivity index (χ3n) is 5.45. The third kappa shape index (κ3) is 3.84. The zero-order valence-electron chi connectivity index (χ0n) is 16.4. The summed E-state index contributed by atoms with van der Waals surface area (Å²) in [5.74, 6) is -0.835. The summed E-state index contributed by atoms with van der Waals surface area (Å²) in [5.41, 5.74) is 4.17. The molecule has 2 aliphatic carbocycles. The minimum Gasteiger partial charge on any atom is -0.385 e. The largest absolute Gasteiger partial charge is 0.385 e. The number of hydrogen-bond donors (Lipinski definition) is 3. The second kappa shape index (κ2) is 7.16. The zero-order valence-corrected chi connectivity index (χ0v) is 18.0. The van der Waals surface area contributed by atoms with Crippen molar-refractivity contribution in [2.45, 2.75) is 62.2 Å². The molecule has 1 aromatic carbocycles. The first-order valence-electron chi connectivity index (χ1n) is 9.61. The second-order valence-electron chi connectivity index (χ2n) is 8.13. The molecule has 156 valence electrons. The topological polar surface area (TPSA) is 105 Å². The molecule has 4 N–H and O–H groups in total. The van der Waals surface area contributed by atoms with E-state index in [2.05, 4.69) is 15.7 Å². The number of fused-ring (bicyclic) bond motifs is 2. The van der Waals surface area contributed by atoms with E-state index in [0.29, 0.717) is 0 Å². The third-order valence-corrected chi connectivity index (χ3v) is 8.80. The van der Waals surface area contributed by atoms with Crippen molar-refractivity contribution < 1.29 is 18.5 Å². The highest BCUT2D eigenvalue weighted by atomic mass is 32.2. The van der Waals surface area contributed by atoms with Gasteiger partial charge in [-0.15, -0.1) is 15.7 Å². The number of carbonyl (C=O) groups excluding carboxylic acids is 1. The van der Waals surface area contributed by atoms with E-state index in [1.807, 2.05) is 0 Å². The van der Waals surface area contributed by atoms with E-state index in [9.17, 15) is 18.5 Å². The number of aliphatic hydroxyl groups is 1. The molecule has 9 heteroatoms. The number of anilines is 1. The van der Waals surface area contributed by atoms with Crippen LogP contribution in [0.2, 0.25) is 0 Å². The number of aryl methyl sites for hydroxylation is 2. The summed E-state index contributed by atoms with van der Waals surface area (Å²) in [4.78, 5) is 12.9. The maximum absolute atomic E-state index is 14.3. The van der Waals surface area contributed by atoms with Gasteiger partial charge in [0.15, 0.2) is 19.9 Å². The first kappa shape index (κ1) is 20.5. The molecule has 29 heavy (non-hydrogen) atoms. The molecule has 1 heterocycles. The summed E-state index contributed by atoms with van der Waals surface area (Å²) in [7, 11) is -3.78. The second-order valence-corrected chi connectivity index (χ2v) is 11.2. The highest BCUT2D eigenvalue weighted by Gasteiger charge is 2.28. The predicted octanol–water partition coefficient (Wildman–Crippen LogP) is 4.02. The van der Waals surface area contributed by atoms with E-state index in [4.69, 9.17) is 5.14 Å². The van der Waals surface area contributed by atoms with Gasteiger partial charge >= 0.3 is 6.03 Å². The van der Waals surface area contributed by atoms with Crippen LogP contribution in [0.3, 0.4) is 0 Å². The van der Waals surface area contributed by atoms with Gasteiger partial charge < -0.3 is 10.4 Å². The normalized spacial score (nSPS) is 17.6. The molecule has 1 aromatic heterocycles. The highest BCUT2D eigenvalue weighted by molar-refractivity contribution is 7.93. The lowest BCUT2D eigenvalue weighted by Crippen LogP contribution is -2.19. The number of rotatable bonds is 3. The van der Waals surface area contributed by atoms with Crippen molar-refractivity contribution >= 4 is 33.0 Å². The molecule has 0 saturated carbocycles. The highest BCUT2D eigenvalue weighted by Crippen LogP contribution is 2.39. The van der Waals surface area contributed by atoms with Gasteiger partial charge in [-0.1, -0.05) is 6.07 Å². The smallest absolute Gasteiger partial charge is 0.354 e. The molecule has 0 saturated heterocycles. The van der Waals surface area contributed by atoms with Crippen LogP contribution in [-0.2, 0) is 41.2 Å². The molecular weight excluding hydrogens is 413 g/mol. The average molecular weight is 438 g/mol. The molecule has 6 nitrogen and oxygen atoms in total. The van der Waals surface area contributed by atoms with Crippen molar-refractivity contribution in [3.05, 3.63) is 45.1 Å². The van der Waals surface area contributed by atoms with Gasteiger partial charge in [-0.2, -0.15) is 0 Å². The molecule has 0 aliphatic heterocycles. The number of carbonyl (C=O) groups is 1. The van der Waals surface area contributed by atoms with Crippen LogP contribution >= 0.6 is 11.3 Å². The number of nitrogens with zero attached hydrogens (tertiary/aromatic N) is 1. The first-order valence-corrected chi connectivity index (χ1v) is 12.0. The Hall–Kier alpha value is -1.81. The molecule has 2 aliphatic rings. The molecule has 0 radical (unpaired) electrons. The minimum atomic E-state index is -3.78. The average Bonchev–Trinajstić information content (AvgIpc) is 3.31. The van der Waals surface area contributed by atoms with Crippen molar-refractivity contribution in [3.63, 3.8) is 0 Å². The lowest BCUT2D eigenvalue weighted by molar-refractivity contribution is 0.0823. The van der Waals surface area contributed by atoms with Crippen molar-refractivity contribution in [2.75, 3.05) is 5.32 Å². The Morgan fingerprint density at radius 3 is 2.31 bits per heavy atom. The number of nitrogens with two attached hydrogens (primary N) is 1. The lowest BCUT2D eigenvalue weighted by Gasteiger charge is -2.15. The summed E-state index contributed by atoms with van der Waals surface area (Å²) in [6.07, 6.45) is 5.79. The van der Waals surface area contributed by atoms with Crippen LogP contribution in [0, 0.1) is 5.82 Å². The van der Waals surface area contributed by atoms with Crippen molar-refractivity contribution in [3.8, 4) is 0 Å². The van der Waals surface area contributed by atoms with Gasteiger partial charge in [0.2, 0.25) is 0 Å². The number of halogens is 1. The molecule has 1 atom stereocenters. The van der Waals surface area contributed by atoms with Crippen molar-refractivity contribution in [2.24, 2.45) is 9.50 Å². The predicted molar refractivity (Wildman–Crippen MR) is 112 cm³/mol. The SMILES string of the molecule is CC(C)(O)c1cc(F)c(S(N)(=O)=NC(=O)Nc2c3c(cc4c2CCC4)CCC3)s1. The van der Waals surface area contributed by atoms with E-state index < -0.39 is 27.4 Å². The van der Waals surface area contributed by atoms with Gasteiger partial charge in [-0.25, -0.2) is 18.5 Å². The van der Waals surface area contributed by atoms with Crippen LogP contribution in [0.15, 0.2) is 20.7 Å². The number of amides is 2. The van der Waals surface area contributed by atoms with E-state index in [1.165, 1.54) is 25.0 Å². The monoisotopic (exact) mass is 437 g/mol. The Morgan fingerprint density at radius 1 is 1.21 bits per heavy atom. The van der Waals surface area contributed by atoms with Crippen LogP contribution in [-0.4, -0.2) is 15.3 Å². The summed E-state index contributed by atoms with van der Waals surface area (Å²) >= 11 is 0.763. The van der Waals surface area contributed by atoms with E-state index >= 15 is 0 Å². The van der Waals surface area contributed by atoms with Gasteiger partial charge in [0.25, 0.3) is 0 Å². The van der Waals surface area contributed by atoms with Gasteiger partial charge in [0.1, 0.15) is 0 Å². The maximum atomic E-state index is 14.3. The molecule has 1 unspecified atom stereocenters. The number of thiophene rings is 1. The van der Waals surface area contributed by atoms with Gasteiger partial charge in [0, 0.05) is 10.6 Å². The Labute approximate surface area is 173 Å². The Kier molecular flexibility index (Phi) is 5.05. The van der Waals surface area contributed by atoms with Crippen LogP contribution in [0.4, 0.5) is 14.9 Å². The minimum absolute atomic E-state index is 0.262. The van der Waals surface area contributed by atoms with Crippen LogP contribution in [0.5, 0.6) is 0 Å². The summed E-state index contributed by atoms with van der Waals surface area (Å²) in [6, 6.07) is 2.48. The Balaban J connectivity index is 1.68. The standard InChI is InChI=1S/C20H24FN3O3S2/c1-20(2,26)16-10-15(21)18(28-16)29(22,27)24-19(25)23-17-13-7-3-5-11(13)9-12-6-4-8-14(12)17/h9-10,26H,3-8H2,1-2H3,(H3,22,23,24,25,27). The molecule has 4 rings (SSSR count). The molecule has 2 aromatic rings. The molecule has 0 spiro atoms. The van der Waals surface area contributed by atoms with Gasteiger partial charge in [-0.3, -0.25) is 0 Å².